The molecule has 0 aromatic heterocycles. The average molecular weight is 377 g/mol. The summed E-state index contributed by atoms with van der Waals surface area (Å²) in [5, 5.41) is 0. The van der Waals surface area contributed by atoms with Crippen molar-refractivity contribution in [1.82, 2.24) is 9.03 Å². The lowest BCUT2D eigenvalue weighted by molar-refractivity contribution is 0.236. The van der Waals surface area contributed by atoms with E-state index >= 15 is 0 Å². The smallest absolute Gasteiger partial charge is 0.279 e. The number of halogens is 1. The monoisotopic (exact) mass is 377 g/mol. The van der Waals surface area contributed by atoms with Gasteiger partial charge in [-0.3, -0.25) is 0 Å². The first-order valence-electron chi connectivity index (χ1n) is 8.70. The van der Waals surface area contributed by atoms with Crippen LogP contribution in [0.4, 0.5) is 4.39 Å². The fourth-order valence-electron chi connectivity index (χ4n) is 3.43. The quantitative estimate of drug-likeness (QED) is 0.810. The Kier molecular flexibility index (Phi) is 5.72. The van der Waals surface area contributed by atoms with Crippen LogP contribution in [0.25, 0.3) is 0 Å². The molecule has 3 N–H and O–H groups in total. The topological polar surface area (TPSA) is 75.4 Å². The standard InChI is InChI=1S/C19H24FN3O2S/c20-18-8-6-16(7-9-18)14-22-26(24,25)23-12-10-19(15-21,11-13-23)17-4-2-1-3-5-17/h1-9,22H,10-15,21H2. The Labute approximate surface area is 154 Å². The minimum Gasteiger partial charge on any atom is -0.330 e. The van der Waals surface area contributed by atoms with E-state index in [-0.39, 0.29) is 17.8 Å². The third-order valence-electron chi connectivity index (χ3n) is 5.17. The van der Waals surface area contributed by atoms with Gasteiger partial charge in [0.05, 0.1) is 0 Å². The SMILES string of the molecule is NCC1(c2ccccc2)CCN(S(=O)(=O)NCc2ccc(F)cc2)CC1. The zero-order chi connectivity index (χ0) is 18.6. The molecule has 0 atom stereocenters. The molecule has 1 heterocycles. The van der Waals surface area contributed by atoms with Gasteiger partial charge >= 0.3 is 0 Å². The molecule has 0 aliphatic carbocycles. The van der Waals surface area contributed by atoms with Crippen LogP contribution < -0.4 is 10.5 Å². The van der Waals surface area contributed by atoms with Gasteiger partial charge in [-0.2, -0.15) is 17.4 Å². The highest BCUT2D eigenvalue weighted by molar-refractivity contribution is 7.87. The molecule has 0 radical (unpaired) electrons. The summed E-state index contributed by atoms with van der Waals surface area (Å²) in [4.78, 5) is 0. The Hall–Kier alpha value is -1.80. The second-order valence-corrected chi connectivity index (χ2v) is 8.46. The van der Waals surface area contributed by atoms with Gasteiger partial charge in [-0.25, -0.2) is 4.39 Å². The van der Waals surface area contributed by atoms with Gasteiger partial charge in [-0.05, 0) is 36.1 Å². The first kappa shape index (κ1) is 19.0. The summed E-state index contributed by atoms with van der Waals surface area (Å²) in [6.45, 7) is 1.48. The average Bonchev–Trinajstić information content (AvgIpc) is 2.68. The van der Waals surface area contributed by atoms with Gasteiger partial charge in [0.15, 0.2) is 0 Å². The van der Waals surface area contributed by atoms with E-state index in [1.807, 2.05) is 18.2 Å². The largest absolute Gasteiger partial charge is 0.330 e. The zero-order valence-electron chi connectivity index (χ0n) is 14.6. The first-order chi connectivity index (χ1) is 12.5. The second-order valence-electron chi connectivity index (χ2n) is 6.70. The highest BCUT2D eigenvalue weighted by atomic mass is 32.2. The summed E-state index contributed by atoms with van der Waals surface area (Å²) in [5.41, 5.74) is 7.76. The molecule has 1 saturated heterocycles. The molecule has 3 rings (SSSR count). The van der Waals surface area contributed by atoms with E-state index in [1.165, 1.54) is 22.0 Å². The molecule has 0 bridgehead atoms. The summed E-state index contributed by atoms with van der Waals surface area (Å²) in [6, 6.07) is 15.8. The predicted molar refractivity (Wildman–Crippen MR) is 100 cm³/mol. The van der Waals surface area contributed by atoms with Crippen LogP contribution in [0.3, 0.4) is 0 Å². The van der Waals surface area contributed by atoms with Crippen LogP contribution in [0.5, 0.6) is 0 Å². The van der Waals surface area contributed by atoms with Crippen LogP contribution in [0.2, 0.25) is 0 Å². The van der Waals surface area contributed by atoms with Crippen molar-refractivity contribution < 1.29 is 12.8 Å². The molecule has 0 spiro atoms. The number of benzene rings is 2. The van der Waals surface area contributed by atoms with Gasteiger partial charge in [0.25, 0.3) is 10.2 Å². The van der Waals surface area contributed by atoms with Gasteiger partial charge in [0.2, 0.25) is 0 Å². The molecule has 26 heavy (non-hydrogen) atoms. The van der Waals surface area contributed by atoms with Crippen molar-refractivity contribution in [2.24, 2.45) is 5.73 Å². The van der Waals surface area contributed by atoms with E-state index in [0.29, 0.717) is 38.0 Å². The van der Waals surface area contributed by atoms with Crippen LogP contribution in [0.15, 0.2) is 54.6 Å². The molecule has 1 fully saturated rings. The Morgan fingerprint density at radius 3 is 2.23 bits per heavy atom. The summed E-state index contributed by atoms with van der Waals surface area (Å²) in [5.74, 6) is -0.341. The molecule has 1 aliphatic heterocycles. The molecule has 5 nitrogen and oxygen atoms in total. The molecular weight excluding hydrogens is 353 g/mol. The van der Waals surface area contributed by atoms with Gasteiger partial charge in [0.1, 0.15) is 5.82 Å². The Morgan fingerprint density at radius 2 is 1.65 bits per heavy atom. The minimum absolute atomic E-state index is 0.139. The molecule has 0 amide bonds. The van der Waals surface area contributed by atoms with E-state index in [0.717, 1.165) is 0 Å². The molecule has 140 valence electrons. The number of hydrogen-bond donors (Lipinski definition) is 2. The normalized spacial score (nSPS) is 17.9. The second kappa shape index (κ2) is 7.84. The maximum absolute atomic E-state index is 12.9. The zero-order valence-corrected chi connectivity index (χ0v) is 15.4. The fraction of sp³-hybridized carbons (Fsp3) is 0.368. The first-order valence-corrected chi connectivity index (χ1v) is 10.1. The maximum atomic E-state index is 12.9. The number of hydrogen-bond acceptors (Lipinski definition) is 3. The van der Waals surface area contributed by atoms with Crippen LogP contribution in [-0.4, -0.2) is 32.4 Å². The number of piperidine rings is 1. The van der Waals surface area contributed by atoms with Crippen molar-refractivity contribution in [2.45, 2.75) is 24.8 Å². The van der Waals surface area contributed by atoms with E-state index in [1.54, 1.807) is 12.1 Å². The summed E-state index contributed by atoms with van der Waals surface area (Å²) in [7, 11) is -3.58. The third-order valence-corrected chi connectivity index (χ3v) is 6.72. The molecular formula is C19H24FN3O2S. The highest BCUT2D eigenvalue weighted by Crippen LogP contribution is 2.35. The van der Waals surface area contributed by atoms with E-state index in [4.69, 9.17) is 5.73 Å². The van der Waals surface area contributed by atoms with Crippen molar-refractivity contribution >= 4 is 10.2 Å². The Morgan fingerprint density at radius 1 is 1.04 bits per heavy atom. The maximum Gasteiger partial charge on any atom is 0.279 e. The predicted octanol–water partition coefficient (Wildman–Crippen LogP) is 2.15. The lowest BCUT2D eigenvalue weighted by atomic mass is 9.73. The lowest BCUT2D eigenvalue weighted by Gasteiger charge is -2.41. The fourth-order valence-corrected chi connectivity index (χ4v) is 4.62. The Balaban J connectivity index is 1.63. The van der Waals surface area contributed by atoms with Crippen LogP contribution in [0, 0.1) is 5.82 Å². The van der Waals surface area contributed by atoms with Gasteiger partial charge < -0.3 is 5.73 Å². The van der Waals surface area contributed by atoms with Gasteiger partial charge in [-0.15, -0.1) is 0 Å². The van der Waals surface area contributed by atoms with Crippen molar-refractivity contribution in [3.8, 4) is 0 Å². The van der Waals surface area contributed by atoms with E-state index < -0.39 is 10.2 Å². The third kappa shape index (κ3) is 4.12. The molecule has 7 heteroatoms. The number of nitrogens with zero attached hydrogens (tertiary/aromatic N) is 1. The molecule has 2 aromatic carbocycles. The van der Waals surface area contributed by atoms with Crippen LogP contribution in [0.1, 0.15) is 24.0 Å². The Bertz CT molecular complexity index is 818. The molecule has 0 unspecified atom stereocenters. The van der Waals surface area contributed by atoms with Crippen molar-refractivity contribution in [1.29, 1.82) is 0 Å². The minimum atomic E-state index is -3.58. The van der Waals surface area contributed by atoms with Crippen molar-refractivity contribution in [3.63, 3.8) is 0 Å². The summed E-state index contributed by atoms with van der Waals surface area (Å²) >= 11 is 0. The highest BCUT2D eigenvalue weighted by Gasteiger charge is 2.38. The van der Waals surface area contributed by atoms with Gasteiger partial charge in [-0.1, -0.05) is 42.5 Å². The number of nitrogens with two attached hydrogens (primary N) is 1. The summed E-state index contributed by atoms with van der Waals surface area (Å²) in [6.07, 6.45) is 1.37. The van der Waals surface area contributed by atoms with Gasteiger partial charge in [0, 0.05) is 31.6 Å². The molecule has 2 aromatic rings. The lowest BCUT2D eigenvalue weighted by Crippen LogP contribution is -2.51. The van der Waals surface area contributed by atoms with E-state index in [9.17, 15) is 12.8 Å². The van der Waals surface area contributed by atoms with Crippen molar-refractivity contribution in [2.75, 3.05) is 19.6 Å². The molecule has 0 saturated carbocycles. The van der Waals surface area contributed by atoms with Crippen molar-refractivity contribution in [3.05, 3.63) is 71.5 Å². The van der Waals surface area contributed by atoms with Crippen LogP contribution in [-0.2, 0) is 22.2 Å². The summed E-state index contributed by atoms with van der Waals surface area (Å²) < 4.78 is 42.1. The molecule has 1 aliphatic rings. The van der Waals surface area contributed by atoms with Crippen LogP contribution >= 0.6 is 0 Å². The van der Waals surface area contributed by atoms with E-state index in [2.05, 4.69) is 16.9 Å². The number of nitrogens with one attached hydrogen (secondary N) is 1. The number of rotatable bonds is 6.